The lowest BCUT2D eigenvalue weighted by molar-refractivity contribution is -0.142. The smallest absolute Gasteiger partial charge is 0.323 e. The van der Waals surface area contributed by atoms with Gasteiger partial charge in [-0.3, -0.25) is 4.79 Å². The lowest BCUT2D eigenvalue weighted by Gasteiger charge is -2.17. The first-order valence-corrected chi connectivity index (χ1v) is 3.91. The minimum absolute atomic E-state index is 0.411. The zero-order chi connectivity index (χ0) is 9.56. The largest absolute Gasteiger partial charge is 0.480 e. The van der Waals surface area contributed by atoms with E-state index in [0.29, 0.717) is 19.4 Å². The fourth-order valence-corrected chi connectivity index (χ4v) is 0.974. The van der Waals surface area contributed by atoms with Gasteiger partial charge in [0.25, 0.3) is 0 Å². The van der Waals surface area contributed by atoms with Crippen LogP contribution in [0.5, 0.6) is 0 Å². The molecule has 0 spiro atoms. The van der Waals surface area contributed by atoms with Gasteiger partial charge in [-0.2, -0.15) is 0 Å². The minimum Gasteiger partial charge on any atom is -0.480 e. The number of likely N-dealkylation sites (N-methyl/N-ethyl adjacent to an activating group) is 1. The van der Waals surface area contributed by atoms with E-state index in [0.717, 1.165) is 0 Å². The van der Waals surface area contributed by atoms with Crippen LogP contribution in [0.1, 0.15) is 12.8 Å². The van der Waals surface area contributed by atoms with E-state index in [1.807, 2.05) is 0 Å². The average Bonchev–Trinajstić information content (AvgIpc) is 2.01. The molecule has 0 heterocycles. The fraction of sp³-hybridized carbons (Fsp3) is 0.857. The maximum Gasteiger partial charge on any atom is 0.323 e. The summed E-state index contributed by atoms with van der Waals surface area (Å²) >= 11 is 0. The third-order valence-corrected chi connectivity index (χ3v) is 1.67. The molecule has 72 valence electrons. The Bertz CT molecular complexity index is 141. The third-order valence-electron chi connectivity index (χ3n) is 1.67. The van der Waals surface area contributed by atoms with E-state index in [-0.39, 0.29) is 0 Å². The highest BCUT2D eigenvalue weighted by Crippen LogP contribution is 2.01. The second-order valence-electron chi connectivity index (χ2n) is 2.60. The van der Waals surface area contributed by atoms with Crippen LogP contribution in [0.2, 0.25) is 0 Å². The highest BCUT2D eigenvalue weighted by atomic mass is 16.4. The molecule has 0 amide bonds. The Morgan fingerprint density at radius 3 is 2.58 bits per heavy atom. The normalized spacial score (nSPS) is 15.6. The number of carbonyl (C=O) groups is 1. The molecule has 0 aliphatic carbocycles. The molecule has 1 unspecified atom stereocenters. The minimum atomic E-state index is -1.04. The Morgan fingerprint density at radius 2 is 2.25 bits per heavy atom. The van der Waals surface area contributed by atoms with Gasteiger partial charge in [0.1, 0.15) is 6.04 Å². The van der Waals surface area contributed by atoms with Gasteiger partial charge in [-0.05, 0) is 26.4 Å². The quantitative estimate of drug-likeness (QED) is 0.406. The van der Waals surface area contributed by atoms with Gasteiger partial charge in [0.05, 0.1) is 6.10 Å². The van der Waals surface area contributed by atoms with Crippen molar-refractivity contribution in [2.45, 2.75) is 25.0 Å². The van der Waals surface area contributed by atoms with Crippen molar-refractivity contribution in [1.29, 1.82) is 0 Å². The number of aliphatic hydroxyl groups is 1. The summed E-state index contributed by atoms with van der Waals surface area (Å²) < 4.78 is 0. The summed E-state index contributed by atoms with van der Waals surface area (Å²) in [6.45, 7) is 0.465. The Labute approximate surface area is 71.6 Å². The van der Waals surface area contributed by atoms with Crippen molar-refractivity contribution in [2.75, 3.05) is 13.6 Å². The van der Waals surface area contributed by atoms with E-state index in [1.165, 1.54) is 7.05 Å². The number of hydrogen-bond acceptors (Lipinski definition) is 4. The molecule has 5 heteroatoms. The van der Waals surface area contributed by atoms with Crippen LogP contribution in [-0.4, -0.2) is 41.9 Å². The molecule has 0 saturated carbocycles. The second kappa shape index (κ2) is 5.93. The van der Waals surface area contributed by atoms with Crippen LogP contribution in [0, 0.1) is 0 Å². The van der Waals surface area contributed by atoms with Crippen LogP contribution in [0.4, 0.5) is 0 Å². The van der Waals surface area contributed by atoms with Crippen LogP contribution in [0.25, 0.3) is 0 Å². The number of nitrogens with one attached hydrogen (secondary N) is 1. The van der Waals surface area contributed by atoms with Gasteiger partial charge in [0.2, 0.25) is 0 Å². The van der Waals surface area contributed by atoms with E-state index in [9.17, 15) is 9.90 Å². The molecule has 0 fully saturated rings. The Hall–Kier alpha value is -0.650. The Kier molecular flexibility index (Phi) is 5.61. The van der Waals surface area contributed by atoms with Crippen molar-refractivity contribution < 1.29 is 15.0 Å². The third kappa shape index (κ3) is 3.66. The van der Waals surface area contributed by atoms with E-state index in [4.69, 9.17) is 10.8 Å². The second-order valence-corrected chi connectivity index (χ2v) is 2.60. The molecular weight excluding hydrogens is 160 g/mol. The van der Waals surface area contributed by atoms with E-state index in [1.54, 1.807) is 0 Å². The first-order chi connectivity index (χ1) is 5.63. The van der Waals surface area contributed by atoms with Crippen LogP contribution in [-0.2, 0) is 4.79 Å². The van der Waals surface area contributed by atoms with Gasteiger partial charge in [0, 0.05) is 0 Å². The maximum atomic E-state index is 10.5. The van der Waals surface area contributed by atoms with E-state index >= 15 is 0 Å². The number of hydrogen-bond donors (Lipinski definition) is 4. The van der Waals surface area contributed by atoms with Crippen LogP contribution in [0.3, 0.4) is 0 Å². The molecule has 12 heavy (non-hydrogen) atoms. The van der Waals surface area contributed by atoms with Gasteiger partial charge < -0.3 is 21.3 Å². The van der Waals surface area contributed by atoms with Crippen LogP contribution >= 0.6 is 0 Å². The summed E-state index contributed by atoms with van der Waals surface area (Å²) in [7, 11) is 1.50. The molecule has 0 saturated heterocycles. The molecule has 2 atom stereocenters. The van der Waals surface area contributed by atoms with Crippen molar-refractivity contribution in [3.05, 3.63) is 0 Å². The SMILES string of the molecule is CN[C@H](C(=O)O)C(O)CCCN. The van der Waals surface area contributed by atoms with Gasteiger partial charge in [-0.25, -0.2) is 0 Å². The molecular formula is C7H16N2O3. The van der Waals surface area contributed by atoms with E-state index < -0.39 is 18.1 Å². The first-order valence-electron chi connectivity index (χ1n) is 3.91. The number of carboxylic acids is 1. The molecule has 0 radical (unpaired) electrons. The summed E-state index contributed by atoms with van der Waals surface area (Å²) in [5.74, 6) is -1.04. The highest BCUT2D eigenvalue weighted by Gasteiger charge is 2.23. The molecule has 0 aliphatic rings. The summed E-state index contributed by atoms with van der Waals surface area (Å²) in [5.41, 5.74) is 5.22. The molecule has 0 aromatic heterocycles. The van der Waals surface area contributed by atoms with Crippen molar-refractivity contribution in [1.82, 2.24) is 5.32 Å². The predicted octanol–water partition coefficient (Wildman–Crippen LogP) is -1.24. The lowest BCUT2D eigenvalue weighted by Crippen LogP contribution is -2.44. The van der Waals surface area contributed by atoms with Gasteiger partial charge in [0.15, 0.2) is 0 Å². The monoisotopic (exact) mass is 176 g/mol. The van der Waals surface area contributed by atoms with Gasteiger partial charge >= 0.3 is 5.97 Å². The van der Waals surface area contributed by atoms with Crippen LogP contribution in [0.15, 0.2) is 0 Å². The zero-order valence-corrected chi connectivity index (χ0v) is 7.16. The molecule has 5 N–H and O–H groups in total. The molecule has 0 bridgehead atoms. The standard InChI is InChI=1S/C7H16N2O3/c1-9-6(7(11)12)5(10)3-2-4-8/h5-6,9-10H,2-4,8H2,1H3,(H,11,12)/t5?,6-/m0/s1. The van der Waals surface area contributed by atoms with Gasteiger partial charge in [-0.1, -0.05) is 0 Å². The Morgan fingerprint density at radius 1 is 1.67 bits per heavy atom. The van der Waals surface area contributed by atoms with Crippen molar-refractivity contribution in [3.63, 3.8) is 0 Å². The average molecular weight is 176 g/mol. The number of carboxylic acid groups (broad SMARTS) is 1. The molecule has 0 rings (SSSR count). The molecule has 0 aromatic rings. The van der Waals surface area contributed by atoms with Crippen molar-refractivity contribution in [3.8, 4) is 0 Å². The zero-order valence-electron chi connectivity index (χ0n) is 7.16. The van der Waals surface area contributed by atoms with Crippen molar-refractivity contribution in [2.24, 2.45) is 5.73 Å². The number of aliphatic carboxylic acids is 1. The maximum absolute atomic E-state index is 10.5. The molecule has 5 nitrogen and oxygen atoms in total. The summed E-state index contributed by atoms with van der Waals surface area (Å²) in [6, 6.07) is -0.892. The van der Waals surface area contributed by atoms with E-state index in [2.05, 4.69) is 5.32 Å². The summed E-state index contributed by atoms with van der Waals surface area (Å²) in [4.78, 5) is 10.5. The number of aliphatic hydroxyl groups excluding tert-OH is 1. The molecule has 0 aliphatic heterocycles. The highest BCUT2D eigenvalue weighted by molar-refractivity contribution is 5.74. The summed E-state index contributed by atoms with van der Waals surface area (Å²) in [6.07, 6.45) is 0.178. The molecule has 0 aromatic carbocycles. The number of rotatable bonds is 6. The fourth-order valence-electron chi connectivity index (χ4n) is 0.974. The Balaban J connectivity index is 3.85. The first kappa shape index (κ1) is 11.4. The predicted molar refractivity (Wildman–Crippen MR) is 44.8 cm³/mol. The summed E-state index contributed by atoms with van der Waals surface area (Å²) in [5, 5.41) is 20.4. The lowest BCUT2D eigenvalue weighted by atomic mass is 10.1. The van der Waals surface area contributed by atoms with Crippen LogP contribution < -0.4 is 11.1 Å². The van der Waals surface area contributed by atoms with Crippen molar-refractivity contribution >= 4 is 5.97 Å². The van der Waals surface area contributed by atoms with Gasteiger partial charge in [-0.15, -0.1) is 0 Å². The number of nitrogens with two attached hydrogens (primary N) is 1. The topological polar surface area (TPSA) is 95.6 Å².